The van der Waals surface area contributed by atoms with Gasteiger partial charge < -0.3 is 10.6 Å². The average Bonchev–Trinajstić information content (AvgIpc) is 2.39. The first-order chi connectivity index (χ1) is 9.54. The second-order valence-corrected chi connectivity index (χ2v) is 4.73. The van der Waals surface area contributed by atoms with Gasteiger partial charge in [0.15, 0.2) is 0 Å². The van der Waals surface area contributed by atoms with Gasteiger partial charge in [0.1, 0.15) is 5.82 Å². The molecule has 0 aliphatic rings. The second-order valence-electron chi connectivity index (χ2n) is 4.32. The van der Waals surface area contributed by atoms with E-state index in [1.54, 1.807) is 18.3 Å². The van der Waals surface area contributed by atoms with Crippen LogP contribution in [-0.2, 0) is 11.3 Å². The van der Waals surface area contributed by atoms with Crippen LogP contribution < -0.4 is 10.6 Å². The predicted octanol–water partition coefficient (Wildman–Crippen LogP) is 3.01. The summed E-state index contributed by atoms with van der Waals surface area (Å²) in [4.78, 5) is 19.3. The smallest absolute Gasteiger partial charge is 0.221 e. The van der Waals surface area contributed by atoms with Crippen molar-refractivity contribution in [3.8, 4) is 0 Å². The van der Waals surface area contributed by atoms with Gasteiger partial charge in [0.05, 0.1) is 22.9 Å². The molecule has 0 radical (unpaired) electrons. The molecule has 0 unspecified atom stereocenters. The normalized spacial score (nSPS) is 10.2. The summed E-state index contributed by atoms with van der Waals surface area (Å²) in [5, 5.41) is 6.37. The van der Waals surface area contributed by atoms with E-state index in [1.165, 1.54) is 6.92 Å². The van der Waals surface area contributed by atoms with E-state index in [4.69, 9.17) is 11.6 Å². The Kier molecular flexibility index (Phi) is 4.53. The molecule has 6 heteroatoms. The predicted molar refractivity (Wildman–Crippen MR) is 79.9 cm³/mol. The van der Waals surface area contributed by atoms with Crippen molar-refractivity contribution in [3.63, 3.8) is 0 Å². The van der Waals surface area contributed by atoms with Crippen molar-refractivity contribution in [1.29, 1.82) is 0 Å². The summed E-state index contributed by atoms with van der Waals surface area (Å²) in [5.41, 5.74) is 2.36. The maximum absolute atomic E-state index is 11.0. The minimum atomic E-state index is -0.149. The summed E-state index contributed by atoms with van der Waals surface area (Å²) in [5.74, 6) is 0.590. The summed E-state index contributed by atoms with van der Waals surface area (Å²) in [7, 11) is 0. The number of carbonyl (C=O) groups is 1. The van der Waals surface area contributed by atoms with Gasteiger partial charge in [0.2, 0.25) is 5.91 Å². The molecule has 20 heavy (non-hydrogen) atoms. The molecule has 2 N–H and O–H groups in total. The molecular formula is C14H15ClN4O. The summed E-state index contributed by atoms with van der Waals surface area (Å²) in [6.45, 7) is 3.88. The molecule has 0 fully saturated rings. The van der Waals surface area contributed by atoms with E-state index >= 15 is 0 Å². The summed E-state index contributed by atoms with van der Waals surface area (Å²) < 4.78 is 0. The van der Waals surface area contributed by atoms with Crippen molar-refractivity contribution in [2.24, 2.45) is 0 Å². The molecule has 1 aromatic carbocycles. The Labute approximate surface area is 122 Å². The molecule has 104 valence electrons. The first-order valence-corrected chi connectivity index (χ1v) is 6.52. The van der Waals surface area contributed by atoms with Crippen LogP contribution in [0.1, 0.15) is 18.4 Å². The molecular weight excluding hydrogens is 276 g/mol. The number of hydrogen-bond donors (Lipinski definition) is 2. The van der Waals surface area contributed by atoms with Gasteiger partial charge in [-0.25, -0.2) is 9.97 Å². The van der Waals surface area contributed by atoms with Crippen molar-refractivity contribution in [1.82, 2.24) is 9.97 Å². The molecule has 0 saturated heterocycles. The van der Waals surface area contributed by atoms with Gasteiger partial charge in [-0.2, -0.15) is 0 Å². The van der Waals surface area contributed by atoms with E-state index in [-0.39, 0.29) is 5.91 Å². The number of halogens is 1. The fraction of sp³-hybridized carbons (Fsp3) is 0.214. The van der Waals surface area contributed by atoms with Crippen LogP contribution >= 0.6 is 11.6 Å². The quantitative estimate of drug-likeness (QED) is 0.908. The maximum Gasteiger partial charge on any atom is 0.221 e. The number of benzene rings is 1. The number of aromatic nitrogens is 2. The molecule has 5 nitrogen and oxygen atoms in total. The number of nitrogens with zero attached hydrogens (tertiary/aromatic N) is 2. The van der Waals surface area contributed by atoms with Gasteiger partial charge >= 0.3 is 0 Å². The lowest BCUT2D eigenvalue weighted by atomic mass is 10.2. The molecule has 2 aromatic rings. The van der Waals surface area contributed by atoms with Crippen LogP contribution in [-0.4, -0.2) is 15.9 Å². The molecule has 1 heterocycles. The first kappa shape index (κ1) is 14.3. The lowest BCUT2D eigenvalue weighted by Gasteiger charge is -2.09. The van der Waals surface area contributed by atoms with Crippen molar-refractivity contribution in [2.45, 2.75) is 20.4 Å². The fourth-order valence-corrected chi connectivity index (χ4v) is 1.94. The molecule has 2 rings (SSSR count). The van der Waals surface area contributed by atoms with E-state index in [2.05, 4.69) is 20.6 Å². The number of carbonyl (C=O) groups excluding carboxylic acids is 1. The third-order valence-electron chi connectivity index (χ3n) is 2.59. The molecule has 0 aliphatic carbocycles. The molecule has 0 spiro atoms. The SMILES string of the molecule is CC(=O)Nc1ccc(NCc2ccnc(C)n2)cc1Cl. The Morgan fingerprint density at radius 1 is 1.35 bits per heavy atom. The number of nitrogens with one attached hydrogen (secondary N) is 2. The molecule has 1 aromatic heterocycles. The Morgan fingerprint density at radius 3 is 2.80 bits per heavy atom. The van der Waals surface area contributed by atoms with Crippen molar-refractivity contribution in [3.05, 3.63) is 47.0 Å². The van der Waals surface area contributed by atoms with Crippen LogP contribution in [0.25, 0.3) is 0 Å². The molecule has 0 atom stereocenters. The van der Waals surface area contributed by atoms with Crippen molar-refractivity contribution in [2.75, 3.05) is 10.6 Å². The first-order valence-electron chi connectivity index (χ1n) is 6.14. The lowest BCUT2D eigenvalue weighted by molar-refractivity contribution is -0.114. The van der Waals surface area contributed by atoms with E-state index in [9.17, 15) is 4.79 Å². The van der Waals surface area contributed by atoms with Crippen molar-refractivity contribution >= 4 is 28.9 Å². The minimum Gasteiger partial charge on any atom is -0.379 e. The fourth-order valence-electron chi connectivity index (χ4n) is 1.71. The Bertz CT molecular complexity index is 630. The zero-order valence-corrected chi connectivity index (χ0v) is 12.0. The van der Waals surface area contributed by atoms with Gasteiger partial charge in [-0.15, -0.1) is 0 Å². The van der Waals surface area contributed by atoms with Gasteiger partial charge in [-0.1, -0.05) is 11.6 Å². The highest BCUT2D eigenvalue weighted by atomic mass is 35.5. The van der Waals surface area contributed by atoms with Crippen LogP contribution in [0.3, 0.4) is 0 Å². The maximum atomic E-state index is 11.0. The number of anilines is 2. The lowest BCUT2D eigenvalue weighted by Crippen LogP contribution is -2.07. The largest absolute Gasteiger partial charge is 0.379 e. The van der Waals surface area contributed by atoms with Crippen molar-refractivity contribution < 1.29 is 4.79 Å². The van der Waals surface area contributed by atoms with Gasteiger partial charge in [-0.3, -0.25) is 4.79 Å². The number of amides is 1. The molecule has 0 aliphatic heterocycles. The highest BCUT2D eigenvalue weighted by molar-refractivity contribution is 6.34. The summed E-state index contributed by atoms with van der Waals surface area (Å²) in [6, 6.07) is 7.23. The van der Waals surface area contributed by atoms with Crippen LogP contribution in [0.15, 0.2) is 30.5 Å². The third kappa shape index (κ3) is 3.93. The van der Waals surface area contributed by atoms with Gasteiger partial charge in [0.25, 0.3) is 0 Å². The standard InChI is InChI=1S/C14H15ClN4O/c1-9-16-6-5-12(18-9)8-17-11-3-4-14(13(15)7-11)19-10(2)20/h3-7,17H,8H2,1-2H3,(H,19,20). The average molecular weight is 291 g/mol. The molecule has 0 bridgehead atoms. The number of hydrogen-bond acceptors (Lipinski definition) is 4. The topological polar surface area (TPSA) is 66.9 Å². The third-order valence-corrected chi connectivity index (χ3v) is 2.90. The number of rotatable bonds is 4. The minimum absolute atomic E-state index is 0.149. The highest BCUT2D eigenvalue weighted by Gasteiger charge is 2.04. The number of aryl methyl sites for hydroxylation is 1. The Morgan fingerprint density at radius 2 is 2.15 bits per heavy atom. The highest BCUT2D eigenvalue weighted by Crippen LogP contribution is 2.25. The molecule has 0 saturated carbocycles. The van der Waals surface area contributed by atoms with E-state index < -0.39 is 0 Å². The molecule has 1 amide bonds. The zero-order chi connectivity index (χ0) is 14.5. The van der Waals surface area contributed by atoms with Crippen LogP contribution in [0.5, 0.6) is 0 Å². The van der Waals surface area contributed by atoms with Crippen LogP contribution in [0.4, 0.5) is 11.4 Å². The summed E-state index contributed by atoms with van der Waals surface area (Å²) in [6.07, 6.45) is 1.73. The van der Waals surface area contributed by atoms with Gasteiger partial charge in [0, 0.05) is 18.8 Å². The Balaban J connectivity index is 2.03. The van der Waals surface area contributed by atoms with Crippen LogP contribution in [0, 0.1) is 6.92 Å². The second kappa shape index (κ2) is 6.34. The van der Waals surface area contributed by atoms with Crippen LogP contribution in [0.2, 0.25) is 5.02 Å². The van der Waals surface area contributed by atoms with E-state index in [0.717, 1.165) is 17.2 Å². The monoisotopic (exact) mass is 290 g/mol. The van der Waals surface area contributed by atoms with E-state index in [0.29, 0.717) is 17.3 Å². The Hall–Kier alpha value is -2.14. The zero-order valence-electron chi connectivity index (χ0n) is 11.3. The summed E-state index contributed by atoms with van der Waals surface area (Å²) >= 11 is 6.10. The van der Waals surface area contributed by atoms with Gasteiger partial charge in [-0.05, 0) is 31.2 Å². The van der Waals surface area contributed by atoms with E-state index in [1.807, 2.05) is 19.1 Å².